The van der Waals surface area contributed by atoms with Crippen molar-refractivity contribution in [1.82, 2.24) is 40.2 Å². The van der Waals surface area contributed by atoms with Gasteiger partial charge in [0, 0.05) is 35.8 Å². The second kappa shape index (κ2) is 8.95. The van der Waals surface area contributed by atoms with Gasteiger partial charge in [-0.05, 0) is 37.3 Å². The van der Waals surface area contributed by atoms with E-state index in [9.17, 15) is 4.79 Å². The second-order valence-corrected chi connectivity index (χ2v) is 6.47. The van der Waals surface area contributed by atoms with Crippen LogP contribution in [0.25, 0.3) is 11.4 Å². The Morgan fingerprint density at radius 1 is 1.13 bits per heavy atom. The number of carbonyl (C=O) groups excluding carboxylic acids is 1. The molecule has 152 valence electrons. The number of aromatic amines is 1. The lowest BCUT2D eigenvalue weighted by molar-refractivity contribution is 0.0949. The van der Waals surface area contributed by atoms with Crippen LogP contribution in [0.1, 0.15) is 28.9 Å². The average Bonchev–Trinajstić information content (AvgIpc) is 3.46. The summed E-state index contributed by atoms with van der Waals surface area (Å²) in [7, 11) is 0. The molecule has 0 radical (unpaired) electrons. The van der Waals surface area contributed by atoms with Crippen molar-refractivity contribution >= 4 is 11.6 Å². The topological polar surface area (TPSA) is 126 Å². The Balaban J connectivity index is 1.35. The number of aryl methyl sites for hydroxylation is 1. The Morgan fingerprint density at radius 3 is 2.83 bits per heavy atom. The molecule has 3 aromatic heterocycles. The molecule has 4 rings (SSSR count). The van der Waals surface area contributed by atoms with Crippen LogP contribution in [0.3, 0.4) is 0 Å². The molecule has 0 spiro atoms. The van der Waals surface area contributed by atoms with Gasteiger partial charge in [-0.15, -0.1) is 10.2 Å². The van der Waals surface area contributed by atoms with Gasteiger partial charge in [0.05, 0.1) is 13.1 Å². The molecule has 0 aliphatic rings. The Bertz CT molecular complexity index is 1120. The van der Waals surface area contributed by atoms with E-state index in [0.717, 1.165) is 17.1 Å². The van der Waals surface area contributed by atoms with E-state index in [4.69, 9.17) is 0 Å². The highest BCUT2D eigenvalue weighted by atomic mass is 16.1. The monoisotopic (exact) mass is 403 g/mol. The van der Waals surface area contributed by atoms with E-state index in [2.05, 4.69) is 40.9 Å². The van der Waals surface area contributed by atoms with E-state index in [1.807, 2.05) is 31.2 Å². The van der Waals surface area contributed by atoms with Crippen molar-refractivity contribution in [3.63, 3.8) is 0 Å². The van der Waals surface area contributed by atoms with Crippen LogP contribution in [0.5, 0.6) is 0 Å². The largest absolute Gasteiger partial charge is 0.378 e. The van der Waals surface area contributed by atoms with Crippen molar-refractivity contribution in [2.24, 2.45) is 0 Å². The van der Waals surface area contributed by atoms with Crippen molar-refractivity contribution in [2.45, 2.75) is 26.6 Å². The zero-order chi connectivity index (χ0) is 20.8. The summed E-state index contributed by atoms with van der Waals surface area (Å²) in [6.07, 6.45) is 4.90. The van der Waals surface area contributed by atoms with Gasteiger partial charge in [-0.2, -0.15) is 5.10 Å². The fourth-order valence-electron chi connectivity index (χ4n) is 2.92. The molecule has 3 N–H and O–H groups in total. The molecule has 30 heavy (non-hydrogen) atoms. The molecule has 0 saturated heterocycles. The van der Waals surface area contributed by atoms with Crippen LogP contribution in [-0.4, -0.2) is 40.8 Å². The number of nitrogens with zero attached hydrogens (tertiary/aromatic N) is 6. The summed E-state index contributed by atoms with van der Waals surface area (Å²) >= 11 is 0. The third kappa shape index (κ3) is 4.49. The third-order valence-corrected chi connectivity index (χ3v) is 4.47. The first-order valence-corrected chi connectivity index (χ1v) is 9.53. The minimum Gasteiger partial charge on any atom is -0.378 e. The first-order valence-electron chi connectivity index (χ1n) is 9.53. The average molecular weight is 403 g/mol. The molecular weight excluding hydrogens is 382 g/mol. The van der Waals surface area contributed by atoms with Gasteiger partial charge in [-0.25, -0.2) is 9.67 Å². The third-order valence-electron chi connectivity index (χ3n) is 4.47. The number of benzene rings is 1. The highest BCUT2D eigenvalue weighted by Crippen LogP contribution is 2.14. The number of H-pyrrole nitrogens is 1. The van der Waals surface area contributed by atoms with Gasteiger partial charge in [0.1, 0.15) is 18.0 Å². The number of rotatable bonds is 8. The van der Waals surface area contributed by atoms with Crippen molar-refractivity contribution < 1.29 is 4.79 Å². The summed E-state index contributed by atoms with van der Waals surface area (Å²) in [5, 5.41) is 18.5. The molecule has 0 unspecified atom stereocenters. The van der Waals surface area contributed by atoms with Crippen LogP contribution in [0.15, 0.2) is 55.1 Å². The molecule has 0 saturated carbocycles. The van der Waals surface area contributed by atoms with Gasteiger partial charge < -0.3 is 15.6 Å². The number of hydrogen-bond donors (Lipinski definition) is 3. The zero-order valence-electron chi connectivity index (χ0n) is 16.4. The van der Waals surface area contributed by atoms with Crippen molar-refractivity contribution in [1.29, 1.82) is 0 Å². The van der Waals surface area contributed by atoms with Crippen molar-refractivity contribution in [3.8, 4) is 11.4 Å². The Labute approximate surface area is 172 Å². The summed E-state index contributed by atoms with van der Waals surface area (Å²) in [4.78, 5) is 23.8. The molecule has 10 nitrogen and oxygen atoms in total. The van der Waals surface area contributed by atoms with Crippen molar-refractivity contribution in [2.75, 3.05) is 5.32 Å². The fourth-order valence-corrected chi connectivity index (χ4v) is 2.92. The molecule has 1 amide bonds. The Hall–Kier alpha value is -4.08. The maximum absolute atomic E-state index is 12.5. The minimum absolute atomic E-state index is 0.177. The van der Waals surface area contributed by atoms with E-state index >= 15 is 0 Å². The first-order chi connectivity index (χ1) is 14.7. The molecule has 4 aromatic rings. The van der Waals surface area contributed by atoms with Crippen LogP contribution < -0.4 is 10.6 Å². The van der Waals surface area contributed by atoms with E-state index in [0.29, 0.717) is 36.8 Å². The first kappa shape index (κ1) is 19.2. The highest BCUT2D eigenvalue weighted by molar-refractivity contribution is 5.95. The number of carbonyl (C=O) groups is 1. The predicted octanol–water partition coefficient (Wildman–Crippen LogP) is 2.02. The van der Waals surface area contributed by atoms with Crippen LogP contribution in [0.4, 0.5) is 5.69 Å². The lowest BCUT2D eigenvalue weighted by atomic mass is 10.2. The fraction of sp³-hybridized carbons (Fsp3) is 0.200. The van der Waals surface area contributed by atoms with Gasteiger partial charge >= 0.3 is 0 Å². The Kier molecular flexibility index (Phi) is 5.74. The number of amides is 1. The van der Waals surface area contributed by atoms with E-state index < -0.39 is 0 Å². The number of nitrogens with one attached hydrogen (secondary N) is 3. The van der Waals surface area contributed by atoms with Gasteiger partial charge in [-0.1, -0.05) is 6.07 Å². The normalized spacial score (nSPS) is 10.7. The van der Waals surface area contributed by atoms with Crippen LogP contribution in [-0.2, 0) is 19.6 Å². The number of pyridine rings is 1. The van der Waals surface area contributed by atoms with E-state index in [1.54, 1.807) is 29.2 Å². The van der Waals surface area contributed by atoms with Gasteiger partial charge in [-0.3, -0.25) is 9.78 Å². The second-order valence-electron chi connectivity index (χ2n) is 6.47. The summed E-state index contributed by atoms with van der Waals surface area (Å²) in [5.41, 5.74) is 2.28. The smallest absolute Gasteiger partial charge is 0.251 e. The molecule has 0 fully saturated rings. The summed E-state index contributed by atoms with van der Waals surface area (Å²) < 4.78 is 1.75. The Morgan fingerprint density at radius 2 is 2.00 bits per heavy atom. The quantitative estimate of drug-likeness (QED) is 0.411. The van der Waals surface area contributed by atoms with Crippen LogP contribution >= 0.6 is 0 Å². The minimum atomic E-state index is -0.177. The van der Waals surface area contributed by atoms with Gasteiger partial charge in [0.2, 0.25) is 0 Å². The molecule has 10 heteroatoms. The van der Waals surface area contributed by atoms with Gasteiger partial charge in [0.15, 0.2) is 5.82 Å². The summed E-state index contributed by atoms with van der Waals surface area (Å²) in [6, 6.07) is 11.0. The molecular formula is C20H21N9O. The maximum Gasteiger partial charge on any atom is 0.251 e. The number of anilines is 1. The molecule has 0 atom stereocenters. The molecule has 1 aromatic carbocycles. The highest BCUT2D eigenvalue weighted by Gasteiger charge is 2.10. The lowest BCUT2D eigenvalue weighted by Crippen LogP contribution is -2.25. The van der Waals surface area contributed by atoms with Gasteiger partial charge in [0.25, 0.3) is 5.91 Å². The van der Waals surface area contributed by atoms with Crippen LogP contribution in [0.2, 0.25) is 0 Å². The summed E-state index contributed by atoms with van der Waals surface area (Å²) in [5.74, 6) is 1.91. The number of aromatic nitrogens is 7. The lowest BCUT2D eigenvalue weighted by Gasteiger charge is -2.08. The SMILES string of the molecule is CCn1ncnc1CNC(=O)c1cccc(NCc2nnc(-c3ccncc3)[nH]2)c1. The summed E-state index contributed by atoms with van der Waals surface area (Å²) in [6.45, 7) is 3.45. The van der Waals surface area contributed by atoms with Crippen LogP contribution in [0, 0.1) is 0 Å². The maximum atomic E-state index is 12.5. The molecule has 0 bridgehead atoms. The van der Waals surface area contributed by atoms with Crippen molar-refractivity contribution in [3.05, 3.63) is 72.3 Å². The molecule has 3 heterocycles. The molecule has 0 aliphatic heterocycles. The number of hydrogen-bond acceptors (Lipinski definition) is 7. The van der Waals surface area contributed by atoms with E-state index in [1.165, 1.54) is 6.33 Å². The molecule has 0 aliphatic carbocycles. The van der Waals surface area contributed by atoms with E-state index in [-0.39, 0.29) is 5.91 Å². The zero-order valence-corrected chi connectivity index (χ0v) is 16.4. The standard InChI is InChI=1S/C20H21N9O/c1-2-29-18(24-13-25-29)12-23-20(30)15-4-3-5-16(10-15)22-11-17-26-19(28-27-17)14-6-8-21-9-7-14/h3-10,13,22H,2,11-12H2,1H3,(H,23,30)(H,26,27,28). The predicted molar refractivity (Wildman–Crippen MR) is 110 cm³/mol.